The molecule has 0 bridgehead atoms. The molecule has 2 aromatic carbocycles. The van der Waals surface area contributed by atoms with Crippen molar-refractivity contribution in [2.75, 3.05) is 32.8 Å². The molecule has 0 spiro atoms. The van der Waals surface area contributed by atoms with Gasteiger partial charge in [0, 0.05) is 60.0 Å². The van der Waals surface area contributed by atoms with Crippen molar-refractivity contribution in [2.24, 2.45) is 5.92 Å². The third kappa shape index (κ3) is 4.83. The molecule has 0 amide bonds. The van der Waals surface area contributed by atoms with Crippen LogP contribution >= 0.6 is 0 Å². The van der Waals surface area contributed by atoms with Gasteiger partial charge in [-0.15, -0.1) is 0 Å². The van der Waals surface area contributed by atoms with E-state index in [0.29, 0.717) is 24.6 Å². The van der Waals surface area contributed by atoms with Gasteiger partial charge in [-0.2, -0.15) is 13.2 Å². The van der Waals surface area contributed by atoms with Crippen LogP contribution < -0.4 is 4.74 Å². The summed E-state index contributed by atoms with van der Waals surface area (Å²) in [5.74, 6) is -1.12. The van der Waals surface area contributed by atoms with E-state index in [4.69, 9.17) is 4.74 Å². The Morgan fingerprint density at radius 1 is 1.08 bits per heavy atom. The molecule has 4 nitrogen and oxygen atoms in total. The molecule has 2 aliphatic rings. The average Bonchev–Trinajstić information content (AvgIpc) is 3.14. The number of hydrogen-bond donors (Lipinski definition) is 1. The van der Waals surface area contributed by atoms with E-state index in [-0.39, 0.29) is 12.4 Å². The normalized spacial score (nSPS) is 21.5. The quantitative estimate of drug-likeness (QED) is 0.394. The lowest BCUT2D eigenvalue weighted by atomic mass is 9.88. The lowest BCUT2D eigenvalue weighted by molar-refractivity contribution is -0.155. The van der Waals surface area contributed by atoms with Gasteiger partial charge in [-0.3, -0.25) is 9.80 Å². The summed E-state index contributed by atoms with van der Waals surface area (Å²) in [7, 11) is 0. The molecule has 36 heavy (non-hydrogen) atoms. The monoisotopic (exact) mass is 507 g/mol. The van der Waals surface area contributed by atoms with E-state index in [0.717, 1.165) is 53.0 Å². The molecule has 3 aromatic rings. The molecule has 9 heteroatoms. The highest BCUT2D eigenvalue weighted by atomic mass is 19.4. The zero-order chi connectivity index (χ0) is 25.6. The molecular formula is C27H30F5N3O. The lowest BCUT2D eigenvalue weighted by Crippen LogP contribution is -2.47. The van der Waals surface area contributed by atoms with Crippen LogP contribution in [0, 0.1) is 17.6 Å². The minimum atomic E-state index is -4.53. The van der Waals surface area contributed by atoms with Gasteiger partial charge in [0.05, 0.1) is 12.6 Å². The topological polar surface area (TPSA) is 31.5 Å². The molecule has 0 unspecified atom stereocenters. The first-order chi connectivity index (χ1) is 17.1. The number of alkyl halides is 3. The van der Waals surface area contributed by atoms with E-state index in [9.17, 15) is 13.2 Å². The largest absolute Gasteiger partial charge is 0.492 e. The van der Waals surface area contributed by atoms with Crippen molar-refractivity contribution in [3.8, 4) is 5.75 Å². The number of likely N-dealkylation sites (tertiary alicyclic amines) is 1. The maximum absolute atomic E-state index is 15.5. The number of halogens is 5. The fraction of sp³-hybridized carbons (Fsp3) is 0.481. The van der Waals surface area contributed by atoms with Gasteiger partial charge in [0.1, 0.15) is 24.0 Å². The molecular weight excluding hydrogens is 477 g/mol. The second-order valence-electron chi connectivity index (χ2n) is 9.99. The summed E-state index contributed by atoms with van der Waals surface area (Å²) in [4.78, 5) is 6.50. The highest BCUT2D eigenvalue weighted by molar-refractivity contribution is 5.85. The highest BCUT2D eigenvalue weighted by Gasteiger charge is 2.43. The van der Waals surface area contributed by atoms with Gasteiger partial charge >= 0.3 is 6.18 Å². The number of aromatic amines is 1. The number of para-hydroxylation sites is 1. The lowest BCUT2D eigenvalue weighted by Gasteiger charge is -2.41. The van der Waals surface area contributed by atoms with Crippen LogP contribution in [0.25, 0.3) is 10.9 Å². The van der Waals surface area contributed by atoms with Crippen LogP contribution in [0.2, 0.25) is 0 Å². The Hall–Kier alpha value is -2.65. The van der Waals surface area contributed by atoms with Gasteiger partial charge in [-0.05, 0) is 30.9 Å². The summed E-state index contributed by atoms with van der Waals surface area (Å²) in [5, 5.41) is 0.855. The molecule has 0 radical (unpaired) electrons. The van der Waals surface area contributed by atoms with Crippen LogP contribution in [-0.4, -0.2) is 59.8 Å². The molecule has 194 valence electrons. The smallest absolute Gasteiger partial charge is 0.401 e. The van der Waals surface area contributed by atoms with E-state index < -0.39 is 42.0 Å². The SMILES string of the molecule is CCC1CN(CCOc2cc(F)c([C@@H]3c4[nH]c5ccccc5c4C[C@@H](C)N3CC(F)(F)F)c(F)c2)C1. The van der Waals surface area contributed by atoms with E-state index >= 15 is 8.78 Å². The fourth-order valence-corrected chi connectivity index (χ4v) is 5.59. The number of rotatable bonds is 7. The van der Waals surface area contributed by atoms with Gasteiger partial charge < -0.3 is 9.72 Å². The highest BCUT2D eigenvalue weighted by Crippen LogP contribution is 2.44. The van der Waals surface area contributed by atoms with Gasteiger partial charge in [0.15, 0.2) is 0 Å². The van der Waals surface area contributed by atoms with E-state index in [2.05, 4.69) is 16.8 Å². The molecule has 1 N–H and O–H groups in total. The van der Waals surface area contributed by atoms with Gasteiger partial charge in [-0.1, -0.05) is 31.5 Å². The first-order valence-corrected chi connectivity index (χ1v) is 12.4. The first-order valence-electron chi connectivity index (χ1n) is 12.4. The molecule has 0 saturated carbocycles. The third-order valence-electron chi connectivity index (χ3n) is 7.49. The van der Waals surface area contributed by atoms with Crippen molar-refractivity contribution in [3.63, 3.8) is 0 Å². The van der Waals surface area contributed by atoms with Crippen LogP contribution in [0.4, 0.5) is 22.0 Å². The number of aromatic nitrogens is 1. The Labute approximate surface area is 207 Å². The van der Waals surface area contributed by atoms with Gasteiger partial charge in [0.2, 0.25) is 0 Å². The first kappa shape index (κ1) is 25.0. The fourth-order valence-electron chi connectivity index (χ4n) is 5.59. The number of hydrogen-bond acceptors (Lipinski definition) is 3. The van der Waals surface area contributed by atoms with E-state index in [1.807, 2.05) is 24.3 Å². The van der Waals surface area contributed by atoms with Gasteiger partial charge in [-0.25, -0.2) is 8.78 Å². The van der Waals surface area contributed by atoms with Crippen molar-refractivity contribution in [2.45, 2.75) is 44.9 Å². The maximum Gasteiger partial charge on any atom is 0.401 e. The predicted molar refractivity (Wildman–Crippen MR) is 128 cm³/mol. The van der Waals surface area contributed by atoms with Gasteiger partial charge in [0.25, 0.3) is 0 Å². The molecule has 1 aromatic heterocycles. The maximum atomic E-state index is 15.5. The van der Waals surface area contributed by atoms with Crippen LogP contribution in [0.5, 0.6) is 5.75 Å². The molecule has 1 saturated heterocycles. The zero-order valence-electron chi connectivity index (χ0n) is 20.3. The summed E-state index contributed by atoms with van der Waals surface area (Å²) in [5.41, 5.74) is 1.51. The second-order valence-corrected chi connectivity index (χ2v) is 9.99. The number of benzene rings is 2. The third-order valence-corrected chi connectivity index (χ3v) is 7.49. The second kappa shape index (κ2) is 9.67. The van der Waals surface area contributed by atoms with Crippen LogP contribution in [0.15, 0.2) is 36.4 Å². The van der Waals surface area contributed by atoms with Crippen LogP contribution in [0.3, 0.4) is 0 Å². The molecule has 0 aliphatic carbocycles. The number of fused-ring (bicyclic) bond motifs is 3. The Bertz CT molecular complexity index is 1210. The summed E-state index contributed by atoms with van der Waals surface area (Å²) in [6, 6.07) is 7.67. The Kier molecular flexibility index (Phi) is 6.72. The summed E-state index contributed by atoms with van der Waals surface area (Å²) >= 11 is 0. The summed E-state index contributed by atoms with van der Waals surface area (Å²) < 4.78 is 77.3. The number of ether oxygens (including phenoxy) is 1. The summed E-state index contributed by atoms with van der Waals surface area (Å²) in [6.45, 7) is 5.44. The number of H-pyrrole nitrogens is 1. The van der Waals surface area contributed by atoms with Crippen molar-refractivity contribution in [1.29, 1.82) is 0 Å². The molecule has 2 aliphatic heterocycles. The minimum Gasteiger partial charge on any atom is -0.492 e. The number of nitrogens with zero attached hydrogens (tertiary/aromatic N) is 2. The standard InChI is InChI=1S/C27H30F5N3O/c1-3-17-13-34(14-17)8-9-36-18-11-21(28)24(22(29)12-18)26-25-20(19-6-4-5-7-23(19)33-25)10-16(2)35(26)15-27(30,31)32/h4-7,11-12,16-17,26,33H,3,8-10,13-15H2,1-2H3/t16-,26-/m1/s1. The molecule has 5 rings (SSSR count). The zero-order valence-corrected chi connectivity index (χ0v) is 20.3. The van der Waals surface area contributed by atoms with Crippen LogP contribution in [-0.2, 0) is 6.42 Å². The molecule has 2 atom stereocenters. The average molecular weight is 508 g/mol. The van der Waals surface area contributed by atoms with E-state index in [1.165, 1.54) is 0 Å². The Morgan fingerprint density at radius 3 is 2.44 bits per heavy atom. The van der Waals surface area contributed by atoms with Crippen LogP contribution in [0.1, 0.15) is 43.1 Å². The Morgan fingerprint density at radius 2 is 1.78 bits per heavy atom. The minimum absolute atomic E-state index is 0.0319. The van der Waals surface area contributed by atoms with E-state index in [1.54, 1.807) is 6.92 Å². The molecule has 3 heterocycles. The summed E-state index contributed by atoms with van der Waals surface area (Å²) in [6.07, 6.45) is -3.07. The van der Waals surface area contributed by atoms with Crippen molar-refractivity contribution in [1.82, 2.24) is 14.8 Å². The predicted octanol–water partition coefficient (Wildman–Crippen LogP) is 6.07. The molecule has 1 fully saturated rings. The van der Waals surface area contributed by atoms with Crippen molar-refractivity contribution < 1.29 is 26.7 Å². The van der Waals surface area contributed by atoms with Crippen molar-refractivity contribution >= 4 is 10.9 Å². The Balaban J connectivity index is 1.47. The number of nitrogens with one attached hydrogen (secondary N) is 1. The van der Waals surface area contributed by atoms with Crippen molar-refractivity contribution in [3.05, 3.63) is 64.9 Å².